The highest BCUT2D eigenvalue weighted by Crippen LogP contribution is 2.35. The summed E-state index contributed by atoms with van der Waals surface area (Å²) < 4.78 is 5.11. The normalized spacial score (nSPS) is 25.1. The molecule has 0 spiro atoms. The van der Waals surface area contributed by atoms with Crippen LogP contribution in [-0.2, 0) is 19.2 Å². The molecule has 0 amide bonds. The van der Waals surface area contributed by atoms with Crippen molar-refractivity contribution in [2.24, 2.45) is 10.6 Å². The molecule has 0 aromatic rings. The van der Waals surface area contributed by atoms with Crippen LogP contribution in [0.4, 0.5) is 0 Å². The van der Waals surface area contributed by atoms with Gasteiger partial charge in [0.2, 0.25) is 0 Å². The smallest absolute Gasteiger partial charge is 0.334 e. The SMILES string of the molecule is CCCC(=O)O/N=C1\CCCC[C@]1(C)C(=O)OCC. The van der Waals surface area contributed by atoms with Crippen molar-refractivity contribution in [3.8, 4) is 0 Å². The second-order valence-electron chi connectivity index (χ2n) is 5.01. The number of hydrogen-bond acceptors (Lipinski definition) is 5. The van der Waals surface area contributed by atoms with Gasteiger partial charge in [-0.2, -0.15) is 0 Å². The van der Waals surface area contributed by atoms with Gasteiger partial charge in [0.05, 0.1) is 12.3 Å². The summed E-state index contributed by atoms with van der Waals surface area (Å²) in [6.45, 7) is 5.84. The molecule has 19 heavy (non-hydrogen) atoms. The summed E-state index contributed by atoms with van der Waals surface area (Å²) in [6.07, 6.45) is 4.34. The fourth-order valence-corrected chi connectivity index (χ4v) is 2.20. The molecule has 108 valence electrons. The molecular formula is C14H23NO4. The molecule has 5 nitrogen and oxygen atoms in total. The Morgan fingerprint density at radius 3 is 2.68 bits per heavy atom. The maximum atomic E-state index is 12.1. The lowest BCUT2D eigenvalue weighted by atomic mass is 9.74. The second kappa shape index (κ2) is 7.26. The number of nitrogens with zero attached hydrogens (tertiary/aromatic N) is 1. The van der Waals surface area contributed by atoms with Crippen LogP contribution in [0.25, 0.3) is 0 Å². The first-order valence-corrected chi connectivity index (χ1v) is 6.99. The molecule has 1 aliphatic rings. The van der Waals surface area contributed by atoms with Crippen molar-refractivity contribution in [3.05, 3.63) is 0 Å². The van der Waals surface area contributed by atoms with Gasteiger partial charge < -0.3 is 9.57 Å². The predicted molar refractivity (Wildman–Crippen MR) is 71.6 cm³/mol. The van der Waals surface area contributed by atoms with E-state index in [4.69, 9.17) is 9.57 Å². The van der Waals surface area contributed by atoms with E-state index in [-0.39, 0.29) is 11.9 Å². The van der Waals surface area contributed by atoms with Crippen LogP contribution in [0.3, 0.4) is 0 Å². The van der Waals surface area contributed by atoms with E-state index in [9.17, 15) is 9.59 Å². The van der Waals surface area contributed by atoms with Crippen LogP contribution < -0.4 is 0 Å². The number of rotatable bonds is 5. The van der Waals surface area contributed by atoms with Gasteiger partial charge in [-0.1, -0.05) is 18.5 Å². The lowest BCUT2D eigenvalue weighted by Gasteiger charge is -2.31. The fourth-order valence-electron chi connectivity index (χ4n) is 2.20. The molecular weight excluding hydrogens is 246 g/mol. The third kappa shape index (κ3) is 4.04. The lowest BCUT2D eigenvalue weighted by molar-refractivity contribution is -0.152. The molecule has 0 radical (unpaired) electrons. The van der Waals surface area contributed by atoms with Crippen LogP contribution in [0, 0.1) is 5.41 Å². The molecule has 5 heteroatoms. The molecule has 0 saturated heterocycles. The number of carbonyl (C=O) groups excluding carboxylic acids is 2. The highest BCUT2D eigenvalue weighted by atomic mass is 16.7. The van der Waals surface area contributed by atoms with Crippen LogP contribution in [0.5, 0.6) is 0 Å². The Balaban J connectivity index is 2.79. The van der Waals surface area contributed by atoms with Crippen LogP contribution >= 0.6 is 0 Å². The van der Waals surface area contributed by atoms with Gasteiger partial charge in [0.25, 0.3) is 0 Å². The number of ether oxygens (including phenoxy) is 1. The maximum absolute atomic E-state index is 12.1. The monoisotopic (exact) mass is 269 g/mol. The van der Waals surface area contributed by atoms with Gasteiger partial charge in [-0.3, -0.25) is 4.79 Å². The van der Waals surface area contributed by atoms with Crippen molar-refractivity contribution < 1.29 is 19.2 Å². The van der Waals surface area contributed by atoms with Gasteiger partial charge in [-0.25, -0.2) is 4.79 Å². The Morgan fingerprint density at radius 1 is 1.32 bits per heavy atom. The minimum atomic E-state index is -0.749. The Hall–Kier alpha value is -1.39. The zero-order valence-corrected chi connectivity index (χ0v) is 12.0. The first-order chi connectivity index (χ1) is 9.04. The number of esters is 1. The highest BCUT2D eigenvalue weighted by molar-refractivity contribution is 6.06. The van der Waals surface area contributed by atoms with E-state index in [1.54, 1.807) is 6.92 Å². The summed E-state index contributed by atoms with van der Waals surface area (Å²) in [4.78, 5) is 28.3. The summed E-state index contributed by atoms with van der Waals surface area (Å²) >= 11 is 0. The van der Waals surface area contributed by atoms with Gasteiger partial charge in [0.15, 0.2) is 0 Å². The van der Waals surface area contributed by atoms with E-state index in [1.807, 2.05) is 13.8 Å². The summed E-state index contributed by atoms with van der Waals surface area (Å²) in [5.41, 5.74) is -0.123. The maximum Gasteiger partial charge on any atom is 0.334 e. The van der Waals surface area contributed by atoms with E-state index < -0.39 is 5.41 Å². The molecule has 0 N–H and O–H groups in total. The molecule has 0 aliphatic heterocycles. The van der Waals surface area contributed by atoms with Crippen molar-refractivity contribution in [2.75, 3.05) is 6.61 Å². The van der Waals surface area contributed by atoms with Crippen molar-refractivity contribution >= 4 is 17.7 Å². The molecule has 1 aliphatic carbocycles. The van der Waals surface area contributed by atoms with Gasteiger partial charge in [0, 0.05) is 6.42 Å². The summed E-state index contributed by atoms with van der Waals surface area (Å²) in [5.74, 6) is -0.633. The quantitative estimate of drug-likeness (QED) is 0.437. The molecule has 0 aromatic heterocycles. The number of oxime groups is 1. The molecule has 1 atom stereocenters. The average molecular weight is 269 g/mol. The van der Waals surface area contributed by atoms with E-state index >= 15 is 0 Å². The zero-order valence-electron chi connectivity index (χ0n) is 12.0. The topological polar surface area (TPSA) is 65.0 Å². The molecule has 0 bridgehead atoms. The summed E-state index contributed by atoms with van der Waals surface area (Å²) in [7, 11) is 0. The molecule has 1 rings (SSSR count). The van der Waals surface area contributed by atoms with Gasteiger partial charge >= 0.3 is 11.9 Å². The zero-order chi connectivity index (χ0) is 14.3. The Bertz CT molecular complexity index is 364. The van der Waals surface area contributed by atoms with Crippen LogP contribution in [0.2, 0.25) is 0 Å². The van der Waals surface area contributed by atoms with Crippen molar-refractivity contribution in [3.63, 3.8) is 0 Å². The van der Waals surface area contributed by atoms with Crippen molar-refractivity contribution in [1.29, 1.82) is 0 Å². The third-order valence-electron chi connectivity index (χ3n) is 3.42. The lowest BCUT2D eigenvalue weighted by Crippen LogP contribution is -2.40. The molecule has 0 heterocycles. The Morgan fingerprint density at radius 2 is 2.05 bits per heavy atom. The summed E-state index contributed by atoms with van der Waals surface area (Å²) in [5, 5.41) is 3.92. The standard InChI is InChI=1S/C14H23NO4/c1-4-8-12(16)19-15-11-9-6-7-10-14(11,3)13(17)18-5-2/h4-10H2,1-3H3/b15-11+/t14-/m0/s1. The van der Waals surface area contributed by atoms with Crippen molar-refractivity contribution in [1.82, 2.24) is 0 Å². The third-order valence-corrected chi connectivity index (χ3v) is 3.42. The van der Waals surface area contributed by atoms with Crippen LogP contribution in [0.15, 0.2) is 5.16 Å². The average Bonchev–Trinajstić information content (AvgIpc) is 2.38. The van der Waals surface area contributed by atoms with Gasteiger partial charge in [-0.05, 0) is 39.5 Å². The summed E-state index contributed by atoms with van der Waals surface area (Å²) in [6, 6.07) is 0. The first kappa shape index (κ1) is 15.7. The van der Waals surface area contributed by atoms with Crippen molar-refractivity contribution in [2.45, 2.75) is 59.3 Å². The number of hydrogen-bond donors (Lipinski definition) is 0. The first-order valence-electron chi connectivity index (χ1n) is 6.99. The van der Waals surface area contributed by atoms with E-state index in [2.05, 4.69) is 5.16 Å². The molecule has 1 fully saturated rings. The minimum Gasteiger partial charge on any atom is -0.465 e. The molecule has 0 unspecified atom stereocenters. The van der Waals surface area contributed by atoms with E-state index in [1.165, 1.54) is 0 Å². The predicted octanol–water partition coefficient (Wildman–Crippen LogP) is 2.83. The molecule has 0 aromatic carbocycles. The Kier molecular flexibility index (Phi) is 5.99. The molecule has 1 saturated carbocycles. The van der Waals surface area contributed by atoms with Crippen LogP contribution in [0.1, 0.15) is 59.3 Å². The van der Waals surface area contributed by atoms with Gasteiger partial charge in [0.1, 0.15) is 5.41 Å². The van der Waals surface area contributed by atoms with E-state index in [0.717, 1.165) is 19.3 Å². The van der Waals surface area contributed by atoms with Gasteiger partial charge in [-0.15, -0.1) is 0 Å². The number of carbonyl (C=O) groups is 2. The van der Waals surface area contributed by atoms with E-state index in [0.29, 0.717) is 31.6 Å². The largest absolute Gasteiger partial charge is 0.465 e. The van der Waals surface area contributed by atoms with Crippen LogP contribution in [-0.4, -0.2) is 24.3 Å². The Labute approximate surface area is 114 Å². The highest BCUT2D eigenvalue weighted by Gasteiger charge is 2.42. The second-order valence-corrected chi connectivity index (χ2v) is 5.01. The fraction of sp³-hybridized carbons (Fsp3) is 0.786. The minimum absolute atomic E-state index is 0.278.